The summed E-state index contributed by atoms with van der Waals surface area (Å²) in [6.07, 6.45) is -0.0161. The van der Waals surface area contributed by atoms with Crippen LogP contribution in [0.1, 0.15) is 30.1 Å². The minimum Gasteiger partial charge on any atom is -0.492 e. The lowest BCUT2D eigenvalue weighted by Crippen LogP contribution is -2.23. The van der Waals surface area contributed by atoms with Gasteiger partial charge in [0.25, 0.3) is 0 Å². The Kier molecular flexibility index (Phi) is 7.78. The van der Waals surface area contributed by atoms with Gasteiger partial charge < -0.3 is 10.1 Å². The summed E-state index contributed by atoms with van der Waals surface area (Å²) in [4.78, 5) is 24.4. The molecule has 0 unspecified atom stereocenters. The first-order valence-corrected chi connectivity index (χ1v) is 10.7. The number of sulfonamides is 1. The monoisotopic (exact) mass is 438 g/mol. The van der Waals surface area contributed by atoms with Crippen molar-refractivity contribution in [3.8, 4) is 5.75 Å². The Bertz CT molecular complexity index is 988. The maximum absolute atomic E-state index is 12.5. The number of nitrogens with one attached hydrogen (secondary N) is 1. The van der Waals surface area contributed by atoms with Gasteiger partial charge in [0.15, 0.2) is 5.78 Å². The van der Waals surface area contributed by atoms with E-state index in [4.69, 9.17) is 16.3 Å². The number of benzene rings is 2. The molecular formula is C20H23ClN2O5S. The number of ketones is 1. The summed E-state index contributed by atoms with van der Waals surface area (Å²) in [7, 11) is -0.930. The largest absolute Gasteiger partial charge is 0.492 e. The topological polar surface area (TPSA) is 92.8 Å². The third-order valence-corrected chi connectivity index (χ3v) is 6.12. The highest BCUT2D eigenvalue weighted by atomic mass is 35.5. The average molecular weight is 439 g/mol. The van der Waals surface area contributed by atoms with Gasteiger partial charge in [0.2, 0.25) is 15.9 Å². The van der Waals surface area contributed by atoms with E-state index in [1.807, 2.05) is 0 Å². The second-order valence-electron chi connectivity index (χ2n) is 6.36. The lowest BCUT2D eigenvalue weighted by molar-refractivity contribution is -0.116. The molecule has 2 rings (SSSR count). The lowest BCUT2D eigenvalue weighted by atomic mass is 10.1. The first-order valence-electron chi connectivity index (χ1n) is 8.93. The van der Waals surface area contributed by atoms with Gasteiger partial charge in [0, 0.05) is 43.2 Å². The lowest BCUT2D eigenvalue weighted by Gasteiger charge is -2.16. The van der Waals surface area contributed by atoms with Crippen LogP contribution in [0, 0.1) is 0 Å². The molecule has 0 aliphatic carbocycles. The van der Waals surface area contributed by atoms with Gasteiger partial charge >= 0.3 is 0 Å². The van der Waals surface area contributed by atoms with Crippen molar-refractivity contribution in [2.24, 2.45) is 0 Å². The number of nitrogens with zero attached hydrogens (tertiary/aromatic N) is 1. The minimum absolute atomic E-state index is 0.0212. The van der Waals surface area contributed by atoms with Gasteiger partial charge in [-0.2, -0.15) is 0 Å². The molecule has 9 heteroatoms. The van der Waals surface area contributed by atoms with E-state index in [9.17, 15) is 18.0 Å². The molecule has 0 aromatic heterocycles. The Morgan fingerprint density at radius 3 is 2.31 bits per heavy atom. The van der Waals surface area contributed by atoms with Gasteiger partial charge in [0.05, 0.1) is 6.61 Å². The van der Waals surface area contributed by atoms with Gasteiger partial charge in [-0.1, -0.05) is 11.6 Å². The summed E-state index contributed by atoms with van der Waals surface area (Å²) in [5.74, 6) is -0.374. The van der Waals surface area contributed by atoms with Crippen LogP contribution in [0.3, 0.4) is 0 Å². The van der Waals surface area contributed by atoms with Crippen molar-refractivity contribution in [2.45, 2.75) is 24.7 Å². The van der Waals surface area contributed by atoms with E-state index < -0.39 is 15.9 Å². The third kappa shape index (κ3) is 6.03. The van der Waals surface area contributed by atoms with Crippen LogP contribution in [0.2, 0.25) is 5.02 Å². The van der Waals surface area contributed by atoms with Gasteiger partial charge in [-0.25, -0.2) is 12.7 Å². The van der Waals surface area contributed by atoms with Crippen LogP contribution in [0.5, 0.6) is 5.75 Å². The molecule has 2 aromatic carbocycles. The number of rotatable bonds is 9. The maximum atomic E-state index is 12.5. The molecule has 0 saturated carbocycles. The number of amides is 1. The van der Waals surface area contributed by atoms with Crippen molar-refractivity contribution in [1.29, 1.82) is 0 Å². The fourth-order valence-electron chi connectivity index (χ4n) is 2.49. The first-order chi connectivity index (χ1) is 13.6. The maximum Gasteiger partial charge on any atom is 0.246 e. The first kappa shape index (κ1) is 22.9. The van der Waals surface area contributed by atoms with E-state index in [2.05, 4.69) is 5.32 Å². The Morgan fingerprint density at radius 2 is 1.72 bits per heavy atom. The summed E-state index contributed by atoms with van der Waals surface area (Å²) < 4.78 is 31.5. The molecule has 1 amide bonds. The van der Waals surface area contributed by atoms with Crippen LogP contribution in [0.4, 0.5) is 5.69 Å². The third-order valence-electron chi connectivity index (χ3n) is 4.03. The standard InChI is InChI=1S/C20H23ClN2O5S/c1-4-28-18-11-9-16(13-19(18)29(26,27)23(2)3)22-20(25)12-10-17(24)14-5-7-15(21)8-6-14/h5-9,11,13H,4,10,12H2,1-3H3,(H,22,25). The highest BCUT2D eigenvalue weighted by Crippen LogP contribution is 2.29. The molecule has 0 atom stereocenters. The summed E-state index contributed by atoms with van der Waals surface area (Å²) >= 11 is 5.80. The van der Waals surface area contributed by atoms with Crippen molar-refractivity contribution < 1.29 is 22.7 Å². The summed E-state index contributed by atoms with van der Waals surface area (Å²) in [5.41, 5.74) is 0.778. The Balaban J connectivity index is 2.09. The molecule has 7 nitrogen and oxygen atoms in total. The second-order valence-corrected chi connectivity index (χ2v) is 8.92. The van der Waals surface area contributed by atoms with Crippen LogP contribution in [-0.2, 0) is 14.8 Å². The van der Waals surface area contributed by atoms with Crippen LogP contribution >= 0.6 is 11.6 Å². The molecule has 0 aliphatic rings. The zero-order valence-corrected chi connectivity index (χ0v) is 18.0. The second kappa shape index (κ2) is 9.87. The SMILES string of the molecule is CCOc1ccc(NC(=O)CCC(=O)c2ccc(Cl)cc2)cc1S(=O)(=O)N(C)C. The van der Waals surface area contributed by atoms with Crippen molar-refractivity contribution in [2.75, 3.05) is 26.0 Å². The van der Waals surface area contributed by atoms with E-state index in [-0.39, 0.29) is 29.3 Å². The van der Waals surface area contributed by atoms with Crippen LogP contribution in [-0.4, -0.2) is 45.1 Å². The predicted octanol–water partition coefficient (Wildman–Crippen LogP) is 3.59. The minimum atomic E-state index is -3.76. The highest BCUT2D eigenvalue weighted by molar-refractivity contribution is 7.89. The Labute approximate surface area is 175 Å². The molecule has 156 valence electrons. The molecule has 0 heterocycles. The number of hydrogen-bond acceptors (Lipinski definition) is 5. The quantitative estimate of drug-likeness (QED) is 0.604. The van der Waals surface area contributed by atoms with Crippen LogP contribution in [0.25, 0.3) is 0 Å². The average Bonchev–Trinajstić information content (AvgIpc) is 2.67. The van der Waals surface area contributed by atoms with Crippen molar-refractivity contribution in [1.82, 2.24) is 4.31 Å². The number of carbonyl (C=O) groups is 2. The molecular weight excluding hydrogens is 416 g/mol. The number of anilines is 1. The zero-order valence-electron chi connectivity index (χ0n) is 16.4. The molecule has 0 fully saturated rings. The Morgan fingerprint density at radius 1 is 1.07 bits per heavy atom. The van der Waals surface area contributed by atoms with E-state index in [1.165, 1.54) is 26.2 Å². The number of carbonyl (C=O) groups excluding carboxylic acids is 2. The van der Waals surface area contributed by atoms with Gasteiger partial charge in [-0.3, -0.25) is 9.59 Å². The normalized spacial score (nSPS) is 11.3. The molecule has 0 spiro atoms. The van der Waals surface area contributed by atoms with Gasteiger partial charge in [-0.05, 0) is 49.4 Å². The van der Waals surface area contributed by atoms with E-state index >= 15 is 0 Å². The van der Waals surface area contributed by atoms with Crippen molar-refractivity contribution in [3.05, 3.63) is 53.1 Å². The van der Waals surface area contributed by atoms with Crippen LogP contribution in [0.15, 0.2) is 47.4 Å². The predicted molar refractivity (Wildman–Crippen MR) is 112 cm³/mol. The molecule has 1 N–H and O–H groups in total. The van der Waals surface area contributed by atoms with Crippen molar-refractivity contribution >= 4 is 39.0 Å². The molecule has 29 heavy (non-hydrogen) atoms. The van der Waals surface area contributed by atoms with E-state index in [0.717, 1.165) is 4.31 Å². The number of halogens is 1. The summed E-state index contributed by atoms with van der Waals surface area (Å²) in [6.45, 7) is 2.05. The molecule has 0 radical (unpaired) electrons. The molecule has 0 saturated heterocycles. The molecule has 0 bridgehead atoms. The van der Waals surface area contributed by atoms with Gasteiger partial charge in [-0.15, -0.1) is 0 Å². The van der Waals surface area contributed by atoms with Crippen molar-refractivity contribution in [3.63, 3.8) is 0 Å². The molecule has 0 aliphatic heterocycles. The van der Waals surface area contributed by atoms with E-state index in [1.54, 1.807) is 37.3 Å². The van der Waals surface area contributed by atoms with E-state index in [0.29, 0.717) is 22.9 Å². The van der Waals surface area contributed by atoms with Crippen LogP contribution < -0.4 is 10.1 Å². The molecule has 2 aromatic rings. The smallest absolute Gasteiger partial charge is 0.246 e. The number of hydrogen-bond donors (Lipinski definition) is 1. The summed E-state index contributed by atoms with van der Waals surface area (Å²) in [6, 6.07) is 10.8. The fourth-order valence-corrected chi connectivity index (χ4v) is 3.67. The fraction of sp³-hybridized carbons (Fsp3) is 0.300. The zero-order chi connectivity index (χ0) is 21.6. The highest BCUT2D eigenvalue weighted by Gasteiger charge is 2.23. The number of ether oxygens (including phenoxy) is 1. The number of Topliss-reactive ketones (excluding diaryl/α,β-unsaturated/α-hetero) is 1. The summed E-state index contributed by atoms with van der Waals surface area (Å²) in [5, 5.41) is 3.15. The Hall–Kier alpha value is -2.42. The van der Waals surface area contributed by atoms with Gasteiger partial charge in [0.1, 0.15) is 10.6 Å².